The fourth-order valence-corrected chi connectivity index (χ4v) is 1.35. The van der Waals surface area contributed by atoms with E-state index in [1.807, 2.05) is 6.92 Å². The number of hydrogen-bond acceptors (Lipinski definition) is 3. The van der Waals surface area contributed by atoms with Crippen LogP contribution in [0.25, 0.3) is 0 Å². The Morgan fingerprint density at radius 3 is 3.09 bits per heavy atom. The fourth-order valence-electron chi connectivity index (χ4n) is 1.35. The van der Waals surface area contributed by atoms with Gasteiger partial charge in [-0.25, -0.2) is 0 Å². The second-order valence-electron chi connectivity index (χ2n) is 2.98. The lowest BCUT2D eigenvalue weighted by Gasteiger charge is -2.27. The SMILES string of the molecule is CCOC[C@@H]1CNCC[C@H]1O. The normalized spacial score (nSPS) is 32.2. The molecule has 0 unspecified atom stereocenters. The molecule has 1 aliphatic heterocycles. The predicted octanol–water partition coefficient (Wildman–Crippen LogP) is -0.00670. The van der Waals surface area contributed by atoms with E-state index in [9.17, 15) is 5.11 Å². The van der Waals surface area contributed by atoms with Crippen LogP contribution < -0.4 is 5.32 Å². The maximum absolute atomic E-state index is 9.48. The Labute approximate surface area is 67.7 Å². The molecule has 3 heteroatoms. The summed E-state index contributed by atoms with van der Waals surface area (Å²) in [5, 5.41) is 12.7. The van der Waals surface area contributed by atoms with Crippen molar-refractivity contribution >= 4 is 0 Å². The van der Waals surface area contributed by atoms with Gasteiger partial charge in [0, 0.05) is 19.1 Å². The molecule has 0 spiro atoms. The summed E-state index contributed by atoms with van der Waals surface area (Å²) < 4.78 is 5.24. The molecule has 3 nitrogen and oxygen atoms in total. The summed E-state index contributed by atoms with van der Waals surface area (Å²) in [6.07, 6.45) is 0.695. The number of hydrogen-bond donors (Lipinski definition) is 2. The third kappa shape index (κ3) is 2.77. The lowest BCUT2D eigenvalue weighted by atomic mass is 9.97. The Bertz CT molecular complexity index is 108. The fraction of sp³-hybridized carbons (Fsp3) is 1.00. The van der Waals surface area contributed by atoms with E-state index in [2.05, 4.69) is 5.32 Å². The molecular weight excluding hydrogens is 142 g/mol. The maximum Gasteiger partial charge on any atom is 0.0614 e. The van der Waals surface area contributed by atoms with Gasteiger partial charge in [-0.15, -0.1) is 0 Å². The zero-order valence-corrected chi connectivity index (χ0v) is 7.05. The van der Waals surface area contributed by atoms with Crippen LogP contribution in [0.4, 0.5) is 0 Å². The molecule has 66 valence electrons. The number of piperidine rings is 1. The van der Waals surface area contributed by atoms with Gasteiger partial charge < -0.3 is 15.2 Å². The molecule has 2 N–H and O–H groups in total. The smallest absolute Gasteiger partial charge is 0.0614 e. The Hall–Kier alpha value is -0.120. The summed E-state index contributed by atoms with van der Waals surface area (Å²) in [5.74, 6) is 0.295. The van der Waals surface area contributed by atoms with Crippen molar-refractivity contribution in [3.63, 3.8) is 0 Å². The number of aliphatic hydroxyl groups is 1. The summed E-state index contributed by atoms with van der Waals surface area (Å²) in [5.41, 5.74) is 0. The average molecular weight is 159 g/mol. The molecule has 0 radical (unpaired) electrons. The number of ether oxygens (including phenoxy) is 1. The minimum atomic E-state index is -0.164. The lowest BCUT2D eigenvalue weighted by molar-refractivity contribution is 0.0160. The van der Waals surface area contributed by atoms with Crippen molar-refractivity contribution in [2.75, 3.05) is 26.3 Å². The van der Waals surface area contributed by atoms with Crippen LogP contribution in [0, 0.1) is 5.92 Å². The highest BCUT2D eigenvalue weighted by molar-refractivity contribution is 4.76. The van der Waals surface area contributed by atoms with Gasteiger partial charge in [-0.05, 0) is 19.9 Å². The molecule has 0 aromatic rings. The third-order valence-electron chi connectivity index (χ3n) is 2.10. The molecule has 0 saturated carbocycles. The third-order valence-corrected chi connectivity index (χ3v) is 2.10. The van der Waals surface area contributed by atoms with Gasteiger partial charge in [0.15, 0.2) is 0 Å². The minimum absolute atomic E-state index is 0.164. The van der Waals surface area contributed by atoms with Crippen LogP contribution in [0.3, 0.4) is 0 Å². The highest BCUT2D eigenvalue weighted by Crippen LogP contribution is 2.10. The predicted molar refractivity (Wildman–Crippen MR) is 43.5 cm³/mol. The largest absolute Gasteiger partial charge is 0.393 e. The monoisotopic (exact) mass is 159 g/mol. The van der Waals surface area contributed by atoms with E-state index < -0.39 is 0 Å². The Balaban J connectivity index is 2.18. The molecule has 0 amide bonds. The van der Waals surface area contributed by atoms with E-state index in [0.29, 0.717) is 12.5 Å². The van der Waals surface area contributed by atoms with Gasteiger partial charge in [-0.2, -0.15) is 0 Å². The van der Waals surface area contributed by atoms with E-state index >= 15 is 0 Å². The molecule has 1 rings (SSSR count). The highest BCUT2D eigenvalue weighted by Gasteiger charge is 2.22. The molecule has 0 aromatic heterocycles. The summed E-state index contributed by atoms with van der Waals surface area (Å²) in [4.78, 5) is 0. The first-order valence-corrected chi connectivity index (χ1v) is 4.31. The van der Waals surface area contributed by atoms with Crippen molar-refractivity contribution in [2.24, 2.45) is 5.92 Å². The van der Waals surface area contributed by atoms with Crippen LogP contribution in [0.15, 0.2) is 0 Å². The molecule has 2 atom stereocenters. The van der Waals surface area contributed by atoms with Crippen molar-refractivity contribution in [3.05, 3.63) is 0 Å². The maximum atomic E-state index is 9.48. The molecule has 1 heterocycles. The molecule has 0 bridgehead atoms. The van der Waals surface area contributed by atoms with Crippen LogP contribution in [0.5, 0.6) is 0 Å². The Kier molecular flexibility index (Phi) is 3.83. The summed E-state index contributed by atoms with van der Waals surface area (Å²) in [6.45, 7) is 5.22. The first-order valence-electron chi connectivity index (χ1n) is 4.31. The molecule has 0 aromatic carbocycles. The summed E-state index contributed by atoms with van der Waals surface area (Å²) in [7, 11) is 0. The quantitative estimate of drug-likeness (QED) is 0.608. The van der Waals surface area contributed by atoms with Crippen molar-refractivity contribution in [1.82, 2.24) is 5.32 Å². The van der Waals surface area contributed by atoms with Crippen molar-refractivity contribution in [1.29, 1.82) is 0 Å². The standard InChI is InChI=1S/C8H17NO2/c1-2-11-6-7-5-9-4-3-8(7)10/h7-10H,2-6H2,1H3/t7-,8+/m0/s1. The highest BCUT2D eigenvalue weighted by atomic mass is 16.5. The number of nitrogens with one attached hydrogen (secondary N) is 1. The van der Waals surface area contributed by atoms with Crippen LogP contribution in [0.2, 0.25) is 0 Å². The molecule has 1 saturated heterocycles. The van der Waals surface area contributed by atoms with Crippen molar-refractivity contribution in [2.45, 2.75) is 19.4 Å². The van der Waals surface area contributed by atoms with Gasteiger partial charge in [0.1, 0.15) is 0 Å². The van der Waals surface area contributed by atoms with Gasteiger partial charge >= 0.3 is 0 Å². The van der Waals surface area contributed by atoms with Crippen LogP contribution >= 0.6 is 0 Å². The average Bonchev–Trinajstić information content (AvgIpc) is 2.03. The van der Waals surface area contributed by atoms with Crippen LogP contribution in [0.1, 0.15) is 13.3 Å². The lowest BCUT2D eigenvalue weighted by Crippen LogP contribution is -2.42. The van der Waals surface area contributed by atoms with Crippen molar-refractivity contribution < 1.29 is 9.84 Å². The zero-order chi connectivity index (χ0) is 8.10. The van der Waals surface area contributed by atoms with E-state index in [1.165, 1.54) is 0 Å². The van der Waals surface area contributed by atoms with Gasteiger partial charge in [0.25, 0.3) is 0 Å². The number of rotatable bonds is 3. The first-order chi connectivity index (χ1) is 5.34. The topological polar surface area (TPSA) is 41.5 Å². The van der Waals surface area contributed by atoms with E-state index in [0.717, 1.165) is 26.1 Å². The Morgan fingerprint density at radius 2 is 2.45 bits per heavy atom. The molecule has 0 aliphatic carbocycles. The summed E-state index contributed by atoms with van der Waals surface area (Å²) >= 11 is 0. The Morgan fingerprint density at radius 1 is 1.64 bits per heavy atom. The van der Waals surface area contributed by atoms with Gasteiger partial charge in [-0.1, -0.05) is 0 Å². The molecular formula is C8H17NO2. The van der Waals surface area contributed by atoms with E-state index in [4.69, 9.17) is 4.74 Å². The zero-order valence-electron chi connectivity index (χ0n) is 7.05. The van der Waals surface area contributed by atoms with Crippen molar-refractivity contribution in [3.8, 4) is 0 Å². The molecule has 11 heavy (non-hydrogen) atoms. The second kappa shape index (κ2) is 4.70. The van der Waals surface area contributed by atoms with E-state index in [-0.39, 0.29) is 6.10 Å². The van der Waals surface area contributed by atoms with Crippen LogP contribution in [-0.4, -0.2) is 37.5 Å². The summed E-state index contributed by atoms with van der Waals surface area (Å²) in [6, 6.07) is 0. The van der Waals surface area contributed by atoms with Gasteiger partial charge in [-0.3, -0.25) is 0 Å². The first kappa shape index (κ1) is 8.97. The second-order valence-corrected chi connectivity index (χ2v) is 2.98. The minimum Gasteiger partial charge on any atom is -0.393 e. The van der Waals surface area contributed by atoms with E-state index in [1.54, 1.807) is 0 Å². The number of aliphatic hydroxyl groups excluding tert-OH is 1. The van der Waals surface area contributed by atoms with Gasteiger partial charge in [0.2, 0.25) is 0 Å². The molecule has 1 fully saturated rings. The molecule has 1 aliphatic rings. The van der Waals surface area contributed by atoms with Crippen LogP contribution in [-0.2, 0) is 4.74 Å². The van der Waals surface area contributed by atoms with Gasteiger partial charge in [0.05, 0.1) is 12.7 Å².